The summed E-state index contributed by atoms with van der Waals surface area (Å²) in [6.07, 6.45) is 1.08. The quantitative estimate of drug-likeness (QED) is 0.397. The van der Waals surface area contributed by atoms with Gasteiger partial charge in [-0.3, -0.25) is 4.99 Å². The van der Waals surface area contributed by atoms with Crippen LogP contribution in [0.25, 0.3) is 0 Å². The number of thiazole rings is 1. The van der Waals surface area contributed by atoms with Crippen molar-refractivity contribution < 1.29 is 4.74 Å². The Labute approximate surface area is 170 Å². The second kappa shape index (κ2) is 9.38. The summed E-state index contributed by atoms with van der Waals surface area (Å²) in [6, 6.07) is 8.21. The highest BCUT2D eigenvalue weighted by molar-refractivity contribution is 14.0. The number of fused-ring (bicyclic) bond motifs is 1. The van der Waals surface area contributed by atoms with Gasteiger partial charge in [-0.1, -0.05) is 32.0 Å². The van der Waals surface area contributed by atoms with Crippen LogP contribution in [0.4, 0.5) is 0 Å². The first-order chi connectivity index (χ1) is 11.7. The lowest BCUT2D eigenvalue weighted by Gasteiger charge is -2.15. The SMILES string of the molecule is CN=C(NCc1nc(C(C)C)cs1)NCC1Cc2ccccc2O1.I. The van der Waals surface area contributed by atoms with Crippen LogP contribution in [0.15, 0.2) is 34.6 Å². The van der Waals surface area contributed by atoms with Crippen molar-refractivity contribution in [1.29, 1.82) is 0 Å². The van der Waals surface area contributed by atoms with Crippen LogP contribution >= 0.6 is 35.3 Å². The molecule has 1 aromatic carbocycles. The van der Waals surface area contributed by atoms with Crippen molar-refractivity contribution in [3.05, 3.63) is 45.9 Å². The topological polar surface area (TPSA) is 58.5 Å². The van der Waals surface area contributed by atoms with E-state index in [4.69, 9.17) is 4.74 Å². The van der Waals surface area contributed by atoms with Crippen molar-refractivity contribution >= 4 is 41.3 Å². The fourth-order valence-corrected chi connectivity index (χ4v) is 3.52. The smallest absolute Gasteiger partial charge is 0.191 e. The minimum absolute atomic E-state index is 0. The van der Waals surface area contributed by atoms with Crippen LogP contribution < -0.4 is 15.4 Å². The molecule has 1 atom stereocenters. The van der Waals surface area contributed by atoms with E-state index in [9.17, 15) is 0 Å². The zero-order valence-corrected chi connectivity index (χ0v) is 17.9. The van der Waals surface area contributed by atoms with E-state index in [0.717, 1.165) is 35.4 Å². The van der Waals surface area contributed by atoms with Gasteiger partial charge in [0.2, 0.25) is 0 Å². The average Bonchev–Trinajstić information content (AvgIpc) is 3.21. The van der Waals surface area contributed by atoms with E-state index in [1.54, 1.807) is 18.4 Å². The highest BCUT2D eigenvalue weighted by Crippen LogP contribution is 2.27. The molecule has 2 heterocycles. The minimum Gasteiger partial charge on any atom is -0.488 e. The van der Waals surface area contributed by atoms with Crippen molar-refractivity contribution in [2.24, 2.45) is 4.99 Å². The van der Waals surface area contributed by atoms with E-state index in [2.05, 4.69) is 52.0 Å². The molecule has 2 N–H and O–H groups in total. The summed E-state index contributed by atoms with van der Waals surface area (Å²) in [4.78, 5) is 8.90. The molecule has 25 heavy (non-hydrogen) atoms. The second-order valence-electron chi connectivity index (χ2n) is 6.18. The molecule has 1 aromatic heterocycles. The van der Waals surface area contributed by atoms with Gasteiger partial charge in [-0.15, -0.1) is 35.3 Å². The summed E-state index contributed by atoms with van der Waals surface area (Å²) in [7, 11) is 1.78. The van der Waals surface area contributed by atoms with Crippen molar-refractivity contribution in [1.82, 2.24) is 15.6 Å². The number of aliphatic imine (C=N–C) groups is 1. The predicted molar refractivity (Wildman–Crippen MR) is 114 cm³/mol. The number of aromatic nitrogens is 1. The van der Waals surface area contributed by atoms with Gasteiger partial charge in [0.15, 0.2) is 5.96 Å². The Hall–Kier alpha value is -1.35. The van der Waals surface area contributed by atoms with Crippen LogP contribution in [0.3, 0.4) is 0 Å². The molecule has 2 aromatic rings. The molecule has 0 fully saturated rings. The zero-order chi connectivity index (χ0) is 16.9. The summed E-state index contributed by atoms with van der Waals surface area (Å²) in [5, 5.41) is 9.85. The van der Waals surface area contributed by atoms with Gasteiger partial charge in [-0.05, 0) is 17.5 Å². The summed E-state index contributed by atoms with van der Waals surface area (Å²) >= 11 is 1.68. The third-order valence-electron chi connectivity index (χ3n) is 4.00. The number of hydrogen-bond donors (Lipinski definition) is 2. The maximum atomic E-state index is 5.94. The molecule has 1 aliphatic heterocycles. The number of benzene rings is 1. The molecule has 0 saturated heterocycles. The van der Waals surface area contributed by atoms with Gasteiger partial charge in [0, 0.05) is 18.8 Å². The van der Waals surface area contributed by atoms with Crippen molar-refractivity contribution in [3.8, 4) is 5.75 Å². The normalized spacial score (nSPS) is 16.2. The molecule has 0 bridgehead atoms. The molecule has 0 saturated carbocycles. The molecule has 1 aliphatic rings. The number of hydrogen-bond acceptors (Lipinski definition) is 4. The van der Waals surface area contributed by atoms with Crippen LogP contribution in [0, 0.1) is 0 Å². The molecule has 136 valence electrons. The maximum absolute atomic E-state index is 5.94. The second-order valence-corrected chi connectivity index (χ2v) is 7.12. The molecule has 0 spiro atoms. The largest absolute Gasteiger partial charge is 0.488 e. The zero-order valence-electron chi connectivity index (χ0n) is 14.8. The first-order valence-corrected chi connectivity index (χ1v) is 9.17. The average molecular weight is 472 g/mol. The lowest BCUT2D eigenvalue weighted by Crippen LogP contribution is -2.41. The van der Waals surface area contributed by atoms with Gasteiger partial charge < -0.3 is 15.4 Å². The van der Waals surface area contributed by atoms with E-state index in [-0.39, 0.29) is 30.1 Å². The van der Waals surface area contributed by atoms with E-state index < -0.39 is 0 Å². The highest BCUT2D eigenvalue weighted by atomic mass is 127. The van der Waals surface area contributed by atoms with Crippen LogP contribution in [0.5, 0.6) is 5.75 Å². The molecule has 7 heteroatoms. The molecule has 0 amide bonds. The van der Waals surface area contributed by atoms with Gasteiger partial charge in [-0.2, -0.15) is 0 Å². The predicted octanol–water partition coefficient (Wildman–Crippen LogP) is 3.55. The Bertz CT molecular complexity index is 692. The molecule has 5 nitrogen and oxygen atoms in total. The summed E-state index contributed by atoms with van der Waals surface area (Å²) in [5.74, 6) is 2.24. The van der Waals surface area contributed by atoms with Crippen LogP contribution in [0.1, 0.15) is 36.0 Å². The molecular formula is C18H25IN4OS. The highest BCUT2D eigenvalue weighted by Gasteiger charge is 2.22. The molecule has 3 rings (SSSR count). The Morgan fingerprint density at radius 2 is 2.16 bits per heavy atom. The van der Waals surface area contributed by atoms with Crippen LogP contribution in [-0.2, 0) is 13.0 Å². The standard InChI is InChI=1S/C18H24N4OS.HI/c1-12(2)15-11-24-17(22-15)10-21-18(19-3)20-9-14-8-13-6-4-5-7-16(13)23-14;/h4-7,11-12,14H,8-10H2,1-3H3,(H2,19,20,21);1H. The number of para-hydroxylation sites is 1. The van der Waals surface area contributed by atoms with E-state index in [1.807, 2.05) is 12.1 Å². The fraction of sp³-hybridized carbons (Fsp3) is 0.444. The van der Waals surface area contributed by atoms with Gasteiger partial charge in [0.05, 0.1) is 18.8 Å². The van der Waals surface area contributed by atoms with Crippen LogP contribution in [0.2, 0.25) is 0 Å². The lowest BCUT2D eigenvalue weighted by atomic mass is 10.1. The first kappa shape index (κ1) is 20.0. The fourth-order valence-electron chi connectivity index (χ4n) is 2.63. The van der Waals surface area contributed by atoms with Gasteiger partial charge in [0.1, 0.15) is 16.9 Å². The first-order valence-electron chi connectivity index (χ1n) is 8.29. The number of ether oxygens (including phenoxy) is 1. The Morgan fingerprint density at radius 3 is 2.84 bits per heavy atom. The maximum Gasteiger partial charge on any atom is 0.191 e. The van der Waals surface area contributed by atoms with E-state index in [1.165, 1.54) is 5.56 Å². The Morgan fingerprint density at radius 1 is 1.36 bits per heavy atom. The van der Waals surface area contributed by atoms with Gasteiger partial charge in [-0.25, -0.2) is 4.98 Å². The Balaban J connectivity index is 0.00000225. The number of nitrogens with one attached hydrogen (secondary N) is 2. The molecule has 1 unspecified atom stereocenters. The van der Waals surface area contributed by atoms with Crippen LogP contribution in [-0.4, -0.2) is 30.6 Å². The van der Waals surface area contributed by atoms with E-state index >= 15 is 0 Å². The molecular weight excluding hydrogens is 447 g/mol. The molecule has 0 aliphatic carbocycles. The number of rotatable bonds is 5. The van der Waals surface area contributed by atoms with Crippen molar-refractivity contribution in [3.63, 3.8) is 0 Å². The van der Waals surface area contributed by atoms with Gasteiger partial charge in [0.25, 0.3) is 0 Å². The summed E-state index contributed by atoms with van der Waals surface area (Å²) in [5.41, 5.74) is 2.42. The third kappa shape index (κ3) is 5.31. The number of nitrogens with zero attached hydrogens (tertiary/aromatic N) is 2. The van der Waals surface area contributed by atoms with Crippen molar-refractivity contribution in [2.45, 2.75) is 38.8 Å². The number of guanidine groups is 1. The Kier molecular flexibility index (Phi) is 7.49. The monoisotopic (exact) mass is 472 g/mol. The minimum atomic E-state index is 0. The van der Waals surface area contributed by atoms with E-state index in [0.29, 0.717) is 12.5 Å². The third-order valence-corrected chi connectivity index (χ3v) is 4.87. The number of halogens is 1. The van der Waals surface area contributed by atoms with Gasteiger partial charge >= 0.3 is 0 Å². The summed E-state index contributed by atoms with van der Waals surface area (Å²) < 4.78 is 5.94. The lowest BCUT2D eigenvalue weighted by molar-refractivity contribution is 0.235. The molecule has 0 radical (unpaired) electrons. The van der Waals surface area contributed by atoms with Crippen molar-refractivity contribution in [2.75, 3.05) is 13.6 Å². The summed E-state index contributed by atoms with van der Waals surface area (Å²) in [6.45, 7) is 5.73.